The number of fused-ring (bicyclic) bond motifs is 2. The number of halogens is 3. The summed E-state index contributed by atoms with van der Waals surface area (Å²) in [6.07, 6.45) is 4.56. The van der Waals surface area contributed by atoms with E-state index in [2.05, 4.69) is 4.90 Å². The van der Waals surface area contributed by atoms with Gasteiger partial charge in [0.15, 0.2) is 17.4 Å². The van der Waals surface area contributed by atoms with Crippen molar-refractivity contribution in [1.82, 2.24) is 19.0 Å². The van der Waals surface area contributed by atoms with Gasteiger partial charge in [0.2, 0.25) is 0 Å². The van der Waals surface area contributed by atoms with Crippen LogP contribution >= 0.6 is 23.5 Å². The quantitative estimate of drug-likeness (QED) is 0.247. The highest BCUT2D eigenvalue weighted by Gasteiger charge is 2.57. The lowest BCUT2D eigenvalue weighted by atomic mass is 9.97. The SMILES string of the molecule is O=C(NO)C12CCC(CN(S(=O)CCN3CCCCC3)C1)N2Sc1cc(F)c(Oc2ccc(Cl)cc2)c(F)c1. The third-order valence-electron chi connectivity index (χ3n) is 7.55. The van der Waals surface area contributed by atoms with Crippen molar-refractivity contribution in [3.63, 3.8) is 0 Å². The van der Waals surface area contributed by atoms with Gasteiger partial charge in [-0.25, -0.2) is 27.1 Å². The molecule has 2 bridgehead atoms. The summed E-state index contributed by atoms with van der Waals surface area (Å²) >= 11 is 6.92. The van der Waals surface area contributed by atoms with Gasteiger partial charge in [-0.3, -0.25) is 10.0 Å². The third-order valence-corrected chi connectivity index (χ3v) is 10.5. The maximum absolute atomic E-state index is 15.0. The molecule has 3 aliphatic heterocycles. The molecular weight excluding hydrogens is 570 g/mol. The van der Waals surface area contributed by atoms with Crippen molar-refractivity contribution in [1.29, 1.82) is 0 Å². The lowest BCUT2D eigenvalue weighted by molar-refractivity contribution is -0.140. The molecule has 0 spiro atoms. The zero-order chi connectivity index (χ0) is 27.6. The number of amides is 1. The topological polar surface area (TPSA) is 85.3 Å². The van der Waals surface area contributed by atoms with E-state index in [4.69, 9.17) is 16.3 Å². The number of benzene rings is 2. The Morgan fingerprint density at radius 1 is 1.18 bits per heavy atom. The van der Waals surface area contributed by atoms with Gasteiger partial charge in [0, 0.05) is 35.6 Å². The first-order valence-electron chi connectivity index (χ1n) is 13.0. The van der Waals surface area contributed by atoms with Crippen molar-refractivity contribution in [3.05, 3.63) is 53.1 Å². The van der Waals surface area contributed by atoms with Crippen LogP contribution in [0.25, 0.3) is 0 Å². The average Bonchev–Trinajstić information content (AvgIpc) is 3.13. The minimum absolute atomic E-state index is 0.137. The third kappa shape index (κ3) is 6.27. The molecule has 1 amide bonds. The zero-order valence-corrected chi connectivity index (χ0v) is 23.7. The molecule has 3 unspecified atom stereocenters. The van der Waals surface area contributed by atoms with Gasteiger partial charge in [0.05, 0.1) is 16.7 Å². The van der Waals surface area contributed by atoms with Gasteiger partial charge in [-0.05, 0) is 87.1 Å². The van der Waals surface area contributed by atoms with Crippen LogP contribution in [0.15, 0.2) is 41.3 Å². The van der Waals surface area contributed by atoms with E-state index >= 15 is 0 Å². The van der Waals surface area contributed by atoms with Gasteiger partial charge in [-0.1, -0.05) is 18.0 Å². The molecular formula is C26H31ClF2N4O4S2. The van der Waals surface area contributed by atoms with E-state index in [0.29, 0.717) is 30.2 Å². The molecule has 0 saturated carbocycles. The Morgan fingerprint density at radius 3 is 2.54 bits per heavy atom. The van der Waals surface area contributed by atoms with Crippen LogP contribution in [0.2, 0.25) is 5.02 Å². The molecule has 13 heteroatoms. The van der Waals surface area contributed by atoms with Crippen LogP contribution < -0.4 is 10.2 Å². The molecule has 5 rings (SSSR count). The van der Waals surface area contributed by atoms with Crippen molar-refractivity contribution < 1.29 is 27.7 Å². The maximum atomic E-state index is 15.0. The van der Waals surface area contributed by atoms with Crippen molar-refractivity contribution in [2.24, 2.45) is 0 Å². The molecule has 3 aliphatic rings. The summed E-state index contributed by atoms with van der Waals surface area (Å²) in [6, 6.07) is 8.25. The summed E-state index contributed by atoms with van der Waals surface area (Å²) in [5.74, 6) is -2.24. The molecule has 3 saturated heterocycles. The van der Waals surface area contributed by atoms with Crippen molar-refractivity contribution in [2.75, 3.05) is 38.5 Å². The minimum Gasteiger partial charge on any atom is -0.451 e. The first-order chi connectivity index (χ1) is 18.8. The summed E-state index contributed by atoms with van der Waals surface area (Å²) in [5, 5.41) is 10.1. The molecule has 3 heterocycles. The van der Waals surface area contributed by atoms with Crippen LogP contribution in [0.5, 0.6) is 11.5 Å². The zero-order valence-electron chi connectivity index (χ0n) is 21.3. The summed E-state index contributed by atoms with van der Waals surface area (Å²) in [7, 11) is -1.30. The van der Waals surface area contributed by atoms with Crippen LogP contribution in [0, 0.1) is 11.6 Å². The number of hydrogen-bond donors (Lipinski definition) is 2. The van der Waals surface area contributed by atoms with Crippen LogP contribution in [-0.4, -0.2) is 78.9 Å². The molecule has 0 radical (unpaired) electrons. The number of piperazine rings is 1. The molecule has 2 aromatic rings. The van der Waals surface area contributed by atoms with Gasteiger partial charge in [-0.2, -0.15) is 0 Å². The van der Waals surface area contributed by atoms with Crippen LogP contribution in [0.1, 0.15) is 32.1 Å². The van der Waals surface area contributed by atoms with E-state index in [1.54, 1.807) is 26.2 Å². The number of ether oxygens (including phenoxy) is 1. The molecule has 2 aromatic carbocycles. The van der Waals surface area contributed by atoms with E-state index < -0.39 is 39.8 Å². The standard InChI is InChI=1S/C26H31ClF2N4O4S2/c27-18-4-6-20(7-5-18)37-24-22(28)14-21(15-23(24)29)38-33-19-8-9-26(33,25(34)30-35)17-32(16-19)39(36)13-12-31-10-2-1-3-11-31/h4-7,14-15,19,35H,1-3,8-13,16-17H2,(H,30,34). The van der Waals surface area contributed by atoms with E-state index in [9.17, 15) is 23.0 Å². The smallest absolute Gasteiger partial charge is 0.266 e. The van der Waals surface area contributed by atoms with E-state index in [-0.39, 0.29) is 23.2 Å². The van der Waals surface area contributed by atoms with Gasteiger partial charge in [0.1, 0.15) is 11.3 Å². The van der Waals surface area contributed by atoms with Crippen molar-refractivity contribution >= 4 is 40.4 Å². The molecule has 2 N–H and O–H groups in total. The summed E-state index contributed by atoms with van der Waals surface area (Å²) in [4.78, 5) is 15.6. The highest BCUT2D eigenvalue weighted by atomic mass is 35.5. The maximum Gasteiger partial charge on any atom is 0.266 e. The number of likely N-dealkylation sites (tertiary alicyclic amines) is 1. The van der Waals surface area contributed by atoms with Gasteiger partial charge in [0.25, 0.3) is 5.91 Å². The predicted octanol–water partition coefficient (Wildman–Crippen LogP) is 4.59. The van der Waals surface area contributed by atoms with Gasteiger partial charge < -0.3 is 9.64 Å². The van der Waals surface area contributed by atoms with E-state index in [1.165, 1.54) is 18.6 Å². The first kappa shape index (κ1) is 28.7. The Morgan fingerprint density at radius 2 is 1.87 bits per heavy atom. The first-order valence-corrected chi connectivity index (χ1v) is 15.4. The largest absolute Gasteiger partial charge is 0.451 e. The van der Waals surface area contributed by atoms with Crippen LogP contribution in [0.3, 0.4) is 0 Å². The minimum atomic E-state index is -1.30. The van der Waals surface area contributed by atoms with E-state index in [0.717, 1.165) is 56.6 Å². The number of nitrogens with one attached hydrogen (secondary N) is 1. The lowest BCUT2D eigenvalue weighted by Gasteiger charge is -2.46. The second kappa shape index (κ2) is 12.4. The van der Waals surface area contributed by atoms with Crippen LogP contribution in [-0.2, 0) is 15.8 Å². The Bertz CT molecular complexity index is 1200. The summed E-state index contributed by atoms with van der Waals surface area (Å²) in [5.41, 5.74) is 0.570. The van der Waals surface area contributed by atoms with Gasteiger partial charge in [-0.15, -0.1) is 0 Å². The summed E-state index contributed by atoms with van der Waals surface area (Å²) < 4.78 is 52.2. The highest BCUT2D eigenvalue weighted by molar-refractivity contribution is 7.97. The molecule has 8 nitrogen and oxygen atoms in total. The average molecular weight is 601 g/mol. The fraction of sp³-hybridized carbons (Fsp3) is 0.500. The fourth-order valence-corrected chi connectivity index (χ4v) is 8.30. The Kier molecular flexibility index (Phi) is 9.11. The number of rotatable bonds is 9. The van der Waals surface area contributed by atoms with E-state index in [1.807, 2.05) is 0 Å². The Labute approximate surface area is 238 Å². The number of nitrogens with zero attached hydrogens (tertiary/aromatic N) is 3. The van der Waals surface area contributed by atoms with Crippen molar-refractivity contribution in [2.45, 2.75) is 48.6 Å². The Hall–Kier alpha value is -1.80. The lowest BCUT2D eigenvalue weighted by Crippen LogP contribution is -2.65. The monoisotopic (exact) mass is 600 g/mol. The number of hydrogen-bond acceptors (Lipinski definition) is 7. The van der Waals surface area contributed by atoms with Crippen LogP contribution in [0.4, 0.5) is 8.78 Å². The molecule has 0 aromatic heterocycles. The second-order valence-electron chi connectivity index (χ2n) is 10.1. The summed E-state index contributed by atoms with van der Waals surface area (Å²) in [6.45, 7) is 3.34. The number of piperidine rings is 1. The predicted molar refractivity (Wildman–Crippen MR) is 146 cm³/mol. The van der Waals surface area contributed by atoms with Gasteiger partial charge >= 0.3 is 0 Å². The highest BCUT2D eigenvalue weighted by Crippen LogP contribution is 2.47. The number of carbonyl (C=O) groups is 1. The Balaban J connectivity index is 1.30. The molecule has 212 valence electrons. The number of hydroxylamine groups is 1. The fourth-order valence-electron chi connectivity index (χ4n) is 5.53. The molecule has 3 fully saturated rings. The number of carbonyl (C=O) groups excluding carboxylic acids is 1. The molecule has 0 aliphatic carbocycles. The second-order valence-corrected chi connectivity index (χ2v) is 13.2. The molecule has 3 atom stereocenters. The normalized spacial score (nSPS) is 25.0. The van der Waals surface area contributed by atoms with Crippen molar-refractivity contribution in [3.8, 4) is 11.5 Å². The molecule has 39 heavy (non-hydrogen) atoms.